The number of carbonyl (C=O) groups is 2. The molecule has 1 amide bonds. The number of likely N-dealkylation sites (tertiary alicyclic amines) is 1. The van der Waals surface area contributed by atoms with E-state index in [1.807, 2.05) is 64.1 Å². The van der Waals surface area contributed by atoms with E-state index in [0.717, 1.165) is 95.2 Å². The molecule has 8 nitrogen and oxygen atoms in total. The SMILES string of the molecule is CCOC(=O)c1ccc(N2CCN(CC3=C(c4ccc(Cl)cc4)CCC(C)(CN4CCC[C@@H](NC(=O)OC(C)(C)C)C4)C3)CC2)cc1. The molecule has 1 unspecified atom stereocenters. The van der Waals surface area contributed by atoms with Crippen LogP contribution in [0.2, 0.25) is 5.02 Å². The smallest absolute Gasteiger partial charge is 0.407 e. The van der Waals surface area contributed by atoms with Crippen LogP contribution in [0.15, 0.2) is 54.1 Å². The van der Waals surface area contributed by atoms with Gasteiger partial charge in [-0.2, -0.15) is 0 Å². The summed E-state index contributed by atoms with van der Waals surface area (Å²) in [6.07, 6.45) is 4.98. The van der Waals surface area contributed by atoms with Crippen LogP contribution in [0.5, 0.6) is 0 Å². The van der Waals surface area contributed by atoms with Crippen molar-refractivity contribution in [1.29, 1.82) is 0 Å². The molecule has 5 rings (SSSR count). The van der Waals surface area contributed by atoms with Gasteiger partial charge in [-0.3, -0.25) is 4.90 Å². The van der Waals surface area contributed by atoms with Crippen molar-refractivity contribution in [2.24, 2.45) is 5.41 Å². The van der Waals surface area contributed by atoms with Crippen LogP contribution in [0.3, 0.4) is 0 Å². The Labute approximate surface area is 286 Å². The van der Waals surface area contributed by atoms with Gasteiger partial charge in [-0.1, -0.05) is 36.2 Å². The zero-order chi connectivity index (χ0) is 33.6. The van der Waals surface area contributed by atoms with E-state index >= 15 is 0 Å². The number of nitrogens with zero attached hydrogens (tertiary/aromatic N) is 3. The van der Waals surface area contributed by atoms with Crippen LogP contribution in [-0.2, 0) is 9.47 Å². The quantitative estimate of drug-likeness (QED) is 0.283. The van der Waals surface area contributed by atoms with Gasteiger partial charge in [-0.15, -0.1) is 0 Å². The van der Waals surface area contributed by atoms with E-state index in [1.54, 1.807) is 0 Å². The minimum atomic E-state index is -0.498. The van der Waals surface area contributed by atoms with Gasteiger partial charge < -0.3 is 24.6 Å². The zero-order valence-electron chi connectivity index (χ0n) is 28.9. The third-order valence-corrected chi connectivity index (χ3v) is 9.85. The lowest BCUT2D eigenvalue weighted by Crippen LogP contribution is -2.51. The number of halogens is 1. The van der Waals surface area contributed by atoms with Gasteiger partial charge >= 0.3 is 12.1 Å². The molecule has 0 saturated carbocycles. The van der Waals surface area contributed by atoms with Crippen molar-refractivity contribution in [1.82, 2.24) is 15.1 Å². The largest absolute Gasteiger partial charge is 0.462 e. The Hall–Kier alpha value is -3.07. The van der Waals surface area contributed by atoms with Crippen molar-refractivity contribution in [2.75, 3.05) is 63.9 Å². The highest BCUT2D eigenvalue weighted by molar-refractivity contribution is 6.30. The molecule has 2 aromatic carbocycles. The average molecular weight is 665 g/mol. The predicted octanol–water partition coefficient (Wildman–Crippen LogP) is 7.27. The maximum Gasteiger partial charge on any atom is 0.407 e. The van der Waals surface area contributed by atoms with E-state index in [1.165, 1.54) is 16.7 Å². The first kappa shape index (κ1) is 35.2. The summed E-state index contributed by atoms with van der Waals surface area (Å²) in [7, 11) is 0. The number of piperazine rings is 1. The van der Waals surface area contributed by atoms with Gasteiger partial charge in [0.25, 0.3) is 0 Å². The first-order valence-electron chi connectivity index (χ1n) is 17.3. The number of benzene rings is 2. The Morgan fingerprint density at radius 2 is 1.68 bits per heavy atom. The lowest BCUT2D eigenvalue weighted by atomic mass is 9.71. The van der Waals surface area contributed by atoms with Gasteiger partial charge in [0, 0.05) is 62.6 Å². The molecule has 47 heavy (non-hydrogen) atoms. The number of amides is 1. The normalized spacial score (nSPS) is 23.0. The summed E-state index contributed by atoms with van der Waals surface area (Å²) < 4.78 is 10.7. The summed E-state index contributed by atoms with van der Waals surface area (Å²) in [4.78, 5) is 32.1. The minimum absolute atomic E-state index is 0.114. The van der Waals surface area contributed by atoms with Gasteiger partial charge in [0.1, 0.15) is 5.60 Å². The first-order valence-corrected chi connectivity index (χ1v) is 17.7. The molecule has 1 aliphatic carbocycles. The molecular weight excluding hydrogens is 612 g/mol. The van der Waals surface area contributed by atoms with Crippen molar-refractivity contribution in [3.05, 3.63) is 70.3 Å². The van der Waals surface area contributed by atoms with E-state index in [9.17, 15) is 9.59 Å². The lowest BCUT2D eigenvalue weighted by Gasteiger charge is -2.44. The molecule has 0 spiro atoms. The molecular formula is C38H53ClN4O4. The molecule has 0 radical (unpaired) electrons. The highest BCUT2D eigenvalue weighted by Gasteiger charge is 2.36. The Morgan fingerprint density at radius 3 is 2.34 bits per heavy atom. The number of ether oxygens (including phenoxy) is 2. The number of hydrogen-bond donors (Lipinski definition) is 1. The fourth-order valence-corrected chi connectivity index (χ4v) is 7.51. The molecule has 2 heterocycles. The number of piperidine rings is 1. The topological polar surface area (TPSA) is 74.4 Å². The second-order valence-electron chi connectivity index (χ2n) is 14.8. The molecule has 1 N–H and O–H groups in total. The van der Waals surface area contributed by atoms with Crippen molar-refractivity contribution in [3.8, 4) is 0 Å². The van der Waals surface area contributed by atoms with Crippen LogP contribution in [0.25, 0.3) is 5.57 Å². The molecule has 2 fully saturated rings. The second-order valence-corrected chi connectivity index (χ2v) is 15.3. The molecule has 3 aliphatic rings. The minimum Gasteiger partial charge on any atom is -0.462 e. The van der Waals surface area contributed by atoms with Gasteiger partial charge in [0.15, 0.2) is 0 Å². The standard InChI is InChI=1S/C38H53ClN4O4/c1-6-46-35(44)29-11-15-33(16-12-29)43-22-20-41(21-23-43)25-30-24-38(5,18-17-34(30)28-9-13-31(39)14-10-28)27-42-19-7-8-32(26-42)40-36(45)47-37(2,3)4/h9-16,32H,6-8,17-27H2,1-5H3,(H,40,45)/t32-,38?/m1/s1. The number of alkyl carbamates (subject to hydrolysis) is 1. The van der Waals surface area contributed by atoms with Crippen molar-refractivity contribution in [2.45, 2.75) is 78.4 Å². The van der Waals surface area contributed by atoms with Crippen molar-refractivity contribution < 1.29 is 19.1 Å². The summed E-state index contributed by atoms with van der Waals surface area (Å²) in [5.41, 5.74) is 5.68. The van der Waals surface area contributed by atoms with Gasteiger partial charge in [-0.05, 0) is 119 Å². The van der Waals surface area contributed by atoms with E-state index in [-0.39, 0.29) is 23.5 Å². The van der Waals surface area contributed by atoms with E-state index < -0.39 is 5.60 Å². The van der Waals surface area contributed by atoms with Crippen LogP contribution < -0.4 is 10.2 Å². The third kappa shape index (κ3) is 9.97. The van der Waals surface area contributed by atoms with Crippen molar-refractivity contribution >= 4 is 34.9 Å². The monoisotopic (exact) mass is 664 g/mol. The number of nitrogens with one attached hydrogen (secondary N) is 1. The molecule has 9 heteroatoms. The summed E-state index contributed by atoms with van der Waals surface area (Å²) in [6.45, 7) is 18.1. The predicted molar refractivity (Wildman–Crippen MR) is 190 cm³/mol. The average Bonchev–Trinajstić information content (AvgIpc) is 3.01. The molecule has 2 atom stereocenters. The lowest BCUT2D eigenvalue weighted by molar-refractivity contribution is 0.0451. The van der Waals surface area contributed by atoms with Crippen LogP contribution in [-0.4, -0.2) is 92.5 Å². The van der Waals surface area contributed by atoms with Gasteiger partial charge in [-0.25, -0.2) is 9.59 Å². The third-order valence-electron chi connectivity index (χ3n) is 9.60. The highest BCUT2D eigenvalue weighted by Crippen LogP contribution is 2.44. The number of esters is 1. The molecule has 2 aliphatic heterocycles. The van der Waals surface area contributed by atoms with E-state index in [4.69, 9.17) is 21.1 Å². The molecule has 2 saturated heterocycles. The number of anilines is 1. The van der Waals surface area contributed by atoms with Gasteiger partial charge in [0.05, 0.1) is 12.2 Å². The van der Waals surface area contributed by atoms with Crippen LogP contribution in [0.1, 0.15) is 82.6 Å². The summed E-state index contributed by atoms with van der Waals surface area (Å²) in [6, 6.07) is 16.3. The number of carbonyl (C=O) groups excluding carboxylic acids is 2. The number of hydrogen-bond acceptors (Lipinski definition) is 7. The van der Waals surface area contributed by atoms with Crippen molar-refractivity contribution in [3.63, 3.8) is 0 Å². The molecule has 256 valence electrons. The fourth-order valence-electron chi connectivity index (χ4n) is 7.39. The van der Waals surface area contributed by atoms with Crippen LogP contribution in [0.4, 0.5) is 10.5 Å². The van der Waals surface area contributed by atoms with E-state index in [0.29, 0.717) is 12.2 Å². The maximum absolute atomic E-state index is 12.5. The molecule has 0 bridgehead atoms. The fraction of sp³-hybridized carbons (Fsp3) is 0.579. The first-order chi connectivity index (χ1) is 22.4. The number of rotatable bonds is 9. The summed E-state index contributed by atoms with van der Waals surface area (Å²) >= 11 is 6.28. The Balaban J connectivity index is 1.23. The Bertz CT molecular complexity index is 1400. The second kappa shape index (κ2) is 15.4. The maximum atomic E-state index is 12.5. The van der Waals surface area contributed by atoms with E-state index in [2.05, 4.69) is 39.1 Å². The van der Waals surface area contributed by atoms with Crippen LogP contribution >= 0.6 is 11.6 Å². The van der Waals surface area contributed by atoms with Gasteiger partial charge in [0.2, 0.25) is 0 Å². The zero-order valence-corrected chi connectivity index (χ0v) is 29.7. The Kier molecular flexibility index (Phi) is 11.6. The summed E-state index contributed by atoms with van der Waals surface area (Å²) in [5.74, 6) is -0.273. The van der Waals surface area contributed by atoms with Crippen LogP contribution in [0, 0.1) is 5.41 Å². The Morgan fingerprint density at radius 1 is 0.979 bits per heavy atom. The highest BCUT2D eigenvalue weighted by atomic mass is 35.5. The number of allylic oxidation sites excluding steroid dienone is 1. The molecule has 2 aromatic rings. The molecule has 0 aromatic heterocycles. The summed E-state index contributed by atoms with van der Waals surface area (Å²) in [5, 5.41) is 3.89.